The maximum Gasteiger partial charge on any atom is 0.270 e. The number of aryl methyl sites for hydroxylation is 1. The Balaban J connectivity index is 1.87. The summed E-state index contributed by atoms with van der Waals surface area (Å²) in [6, 6.07) is 19.6. The summed E-state index contributed by atoms with van der Waals surface area (Å²) in [5, 5.41) is 11.0. The maximum atomic E-state index is 13.0. The molecule has 3 aromatic carbocycles. The molecule has 7 nitrogen and oxygen atoms in total. The Morgan fingerprint density at radius 3 is 2.14 bits per heavy atom. The van der Waals surface area contributed by atoms with Gasteiger partial charge in [-0.1, -0.05) is 24.3 Å². The van der Waals surface area contributed by atoms with Crippen LogP contribution >= 0.6 is 0 Å². The average molecular weight is 398 g/mol. The van der Waals surface area contributed by atoms with E-state index in [4.69, 9.17) is 4.74 Å². The molecule has 0 atom stereocenters. The second-order valence-corrected chi connectivity index (χ2v) is 8.03. The van der Waals surface area contributed by atoms with E-state index >= 15 is 0 Å². The number of nitro groups is 1. The molecule has 0 aromatic heterocycles. The van der Waals surface area contributed by atoms with Crippen LogP contribution in [0.4, 0.5) is 11.4 Å². The average Bonchev–Trinajstić information content (AvgIpc) is 2.69. The van der Waals surface area contributed by atoms with Crippen molar-refractivity contribution in [2.45, 2.75) is 11.8 Å². The molecule has 0 heterocycles. The number of ether oxygens (including phenoxy) is 1. The normalized spacial score (nSPS) is 11.1. The zero-order valence-electron chi connectivity index (χ0n) is 15.3. The minimum atomic E-state index is -3.96. The molecule has 0 unspecified atom stereocenters. The number of nitrogens with zero attached hydrogens (tertiary/aromatic N) is 2. The van der Waals surface area contributed by atoms with E-state index in [1.165, 1.54) is 19.2 Å². The number of benzene rings is 3. The standard InChI is InChI=1S/C20H18N2O5S/c1-15-8-9-17(22(23)24)14-20(15)28(25,26)21(2)16-10-12-19(13-11-16)27-18-6-4-3-5-7-18/h3-14H,1-2H3. The molecule has 0 amide bonds. The van der Waals surface area contributed by atoms with Crippen LogP contribution in [0, 0.1) is 17.0 Å². The molecule has 3 rings (SSSR count). The lowest BCUT2D eigenvalue weighted by atomic mass is 10.2. The summed E-state index contributed by atoms with van der Waals surface area (Å²) in [5.41, 5.74) is 0.567. The predicted molar refractivity (Wildman–Crippen MR) is 106 cm³/mol. The third-order valence-electron chi connectivity index (χ3n) is 4.20. The van der Waals surface area contributed by atoms with Gasteiger partial charge >= 0.3 is 0 Å². The van der Waals surface area contributed by atoms with Crippen molar-refractivity contribution in [2.75, 3.05) is 11.4 Å². The Labute approximate surface area is 163 Å². The van der Waals surface area contributed by atoms with Crippen molar-refractivity contribution in [1.29, 1.82) is 0 Å². The number of para-hydroxylation sites is 1. The molecular formula is C20H18N2O5S. The van der Waals surface area contributed by atoms with Crippen LogP contribution in [0.25, 0.3) is 0 Å². The summed E-state index contributed by atoms with van der Waals surface area (Å²) in [6.45, 7) is 1.60. The molecular weight excluding hydrogens is 380 g/mol. The number of non-ortho nitro benzene ring substituents is 1. The highest BCUT2D eigenvalue weighted by Gasteiger charge is 2.25. The molecule has 144 valence electrons. The summed E-state index contributed by atoms with van der Waals surface area (Å²) in [7, 11) is -2.56. The second kappa shape index (κ2) is 7.69. The van der Waals surface area contributed by atoms with E-state index in [0.717, 1.165) is 10.4 Å². The van der Waals surface area contributed by atoms with Gasteiger partial charge in [-0.15, -0.1) is 0 Å². The Morgan fingerprint density at radius 2 is 1.54 bits per heavy atom. The highest BCUT2D eigenvalue weighted by Crippen LogP contribution is 2.29. The van der Waals surface area contributed by atoms with Crippen LogP contribution in [-0.2, 0) is 10.0 Å². The van der Waals surface area contributed by atoms with Crippen LogP contribution in [0.3, 0.4) is 0 Å². The predicted octanol–water partition coefficient (Wildman–Crippen LogP) is 4.52. The highest BCUT2D eigenvalue weighted by molar-refractivity contribution is 7.92. The molecule has 0 aliphatic rings. The molecule has 0 spiro atoms. The molecule has 0 N–H and O–H groups in total. The molecule has 0 bridgehead atoms. The van der Waals surface area contributed by atoms with Crippen molar-refractivity contribution in [1.82, 2.24) is 0 Å². The van der Waals surface area contributed by atoms with Gasteiger partial charge in [0.1, 0.15) is 11.5 Å². The molecule has 0 saturated heterocycles. The Bertz CT molecular complexity index is 1100. The van der Waals surface area contributed by atoms with Gasteiger partial charge in [-0.3, -0.25) is 14.4 Å². The summed E-state index contributed by atoms with van der Waals surface area (Å²) >= 11 is 0. The molecule has 0 aliphatic carbocycles. The number of rotatable bonds is 6. The molecule has 0 radical (unpaired) electrons. The van der Waals surface area contributed by atoms with Crippen LogP contribution in [0.1, 0.15) is 5.56 Å². The monoisotopic (exact) mass is 398 g/mol. The van der Waals surface area contributed by atoms with E-state index in [-0.39, 0.29) is 10.6 Å². The van der Waals surface area contributed by atoms with Gasteiger partial charge in [0.25, 0.3) is 15.7 Å². The Morgan fingerprint density at radius 1 is 0.929 bits per heavy atom. The Kier molecular flexibility index (Phi) is 5.32. The van der Waals surface area contributed by atoms with Gasteiger partial charge in [-0.05, 0) is 48.9 Å². The van der Waals surface area contributed by atoms with E-state index < -0.39 is 14.9 Å². The SMILES string of the molecule is Cc1ccc([N+](=O)[O-])cc1S(=O)(=O)N(C)c1ccc(Oc2ccccc2)cc1. The lowest BCUT2D eigenvalue weighted by Gasteiger charge is -2.21. The van der Waals surface area contributed by atoms with Gasteiger partial charge < -0.3 is 4.74 Å². The van der Waals surface area contributed by atoms with Gasteiger partial charge in [-0.2, -0.15) is 0 Å². The zero-order valence-corrected chi connectivity index (χ0v) is 16.1. The first kappa shape index (κ1) is 19.4. The van der Waals surface area contributed by atoms with Crippen molar-refractivity contribution >= 4 is 21.4 Å². The van der Waals surface area contributed by atoms with Gasteiger partial charge in [-0.25, -0.2) is 8.42 Å². The van der Waals surface area contributed by atoms with E-state index in [0.29, 0.717) is 22.7 Å². The molecule has 0 fully saturated rings. The molecule has 28 heavy (non-hydrogen) atoms. The lowest BCUT2D eigenvalue weighted by Crippen LogP contribution is -2.27. The van der Waals surface area contributed by atoms with Crippen LogP contribution in [0.5, 0.6) is 11.5 Å². The first-order chi connectivity index (χ1) is 13.3. The third kappa shape index (κ3) is 3.96. The topological polar surface area (TPSA) is 89.8 Å². The fraction of sp³-hybridized carbons (Fsp3) is 0.100. The third-order valence-corrected chi connectivity index (χ3v) is 6.13. The summed E-state index contributed by atoms with van der Waals surface area (Å²) in [5.74, 6) is 1.23. The van der Waals surface area contributed by atoms with Gasteiger partial charge in [0, 0.05) is 19.2 Å². The van der Waals surface area contributed by atoms with Crippen molar-refractivity contribution in [3.8, 4) is 11.5 Å². The van der Waals surface area contributed by atoms with E-state index in [1.807, 2.05) is 30.3 Å². The van der Waals surface area contributed by atoms with Crippen LogP contribution in [0.15, 0.2) is 77.7 Å². The van der Waals surface area contributed by atoms with Crippen molar-refractivity contribution in [3.05, 3.63) is 88.5 Å². The summed E-state index contributed by atoms with van der Waals surface area (Å²) in [6.07, 6.45) is 0. The first-order valence-corrected chi connectivity index (χ1v) is 9.80. The van der Waals surface area contributed by atoms with Crippen molar-refractivity contribution in [3.63, 3.8) is 0 Å². The van der Waals surface area contributed by atoms with Gasteiger partial charge in [0.2, 0.25) is 0 Å². The van der Waals surface area contributed by atoms with Crippen LogP contribution in [-0.4, -0.2) is 20.4 Å². The summed E-state index contributed by atoms with van der Waals surface area (Å²) in [4.78, 5) is 10.3. The molecule has 3 aromatic rings. The number of hydrogen-bond acceptors (Lipinski definition) is 5. The lowest BCUT2D eigenvalue weighted by molar-refractivity contribution is -0.385. The van der Waals surface area contributed by atoms with Crippen molar-refractivity contribution in [2.24, 2.45) is 0 Å². The van der Waals surface area contributed by atoms with Gasteiger partial charge in [0.05, 0.1) is 15.5 Å². The highest BCUT2D eigenvalue weighted by atomic mass is 32.2. The number of nitro benzene ring substituents is 1. The number of hydrogen-bond donors (Lipinski definition) is 0. The Hall–Kier alpha value is -3.39. The molecule has 0 aliphatic heterocycles. The second-order valence-electron chi connectivity index (χ2n) is 6.09. The van der Waals surface area contributed by atoms with Crippen LogP contribution in [0.2, 0.25) is 0 Å². The van der Waals surface area contributed by atoms with Crippen molar-refractivity contribution < 1.29 is 18.1 Å². The molecule has 0 saturated carbocycles. The minimum absolute atomic E-state index is 0.103. The van der Waals surface area contributed by atoms with E-state index in [2.05, 4.69) is 0 Å². The largest absolute Gasteiger partial charge is 0.457 e. The quantitative estimate of drug-likeness (QED) is 0.450. The van der Waals surface area contributed by atoms with Crippen LogP contribution < -0.4 is 9.04 Å². The minimum Gasteiger partial charge on any atom is -0.457 e. The number of sulfonamides is 1. The van der Waals surface area contributed by atoms with Gasteiger partial charge in [0.15, 0.2) is 0 Å². The zero-order chi connectivity index (χ0) is 20.3. The molecule has 8 heteroatoms. The maximum absolute atomic E-state index is 13.0. The fourth-order valence-corrected chi connectivity index (χ4v) is 4.05. The first-order valence-electron chi connectivity index (χ1n) is 8.36. The van der Waals surface area contributed by atoms with E-state index in [9.17, 15) is 18.5 Å². The van der Waals surface area contributed by atoms with E-state index in [1.54, 1.807) is 31.2 Å². The smallest absolute Gasteiger partial charge is 0.270 e. The number of anilines is 1. The summed E-state index contributed by atoms with van der Waals surface area (Å²) < 4.78 is 32.7. The fourth-order valence-electron chi connectivity index (χ4n) is 2.62.